The number of benzene rings is 1. The average Bonchev–Trinajstić information content (AvgIpc) is 2.49. The van der Waals surface area contributed by atoms with Crippen LogP contribution in [0.4, 0.5) is 5.69 Å². The molecule has 0 unspecified atom stereocenters. The highest BCUT2D eigenvalue weighted by Crippen LogP contribution is 2.23. The molecule has 2 N–H and O–H groups in total. The summed E-state index contributed by atoms with van der Waals surface area (Å²) in [4.78, 5) is 22.2. The van der Waals surface area contributed by atoms with Gasteiger partial charge >= 0.3 is 0 Å². The molecule has 8 nitrogen and oxygen atoms in total. The Labute approximate surface area is 134 Å². The summed E-state index contributed by atoms with van der Waals surface area (Å²) in [7, 11) is 3.02. The Morgan fingerprint density at radius 3 is 2.59 bits per heavy atom. The van der Waals surface area contributed by atoms with Crippen molar-refractivity contribution in [1.82, 2.24) is 10.6 Å². The van der Waals surface area contributed by atoms with E-state index in [2.05, 4.69) is 10.6 Å². The van der Waals surface area contributed by atoms with E-state index in [-0.39, 0.29) is 23.7 Å². The Morgan fingerprint density at radius 2 is 2.00 bits per heavy atom. The van der Waals surface area contributed by atoms with E-state index < -0.39 is 10.8 Å². The largest absolute Gasteiger partial charge is 0.496 e. The number of rotatable bonds is 9. The van der Waals surface area contributed by atoms with Gasteiger partial charge in [0, 0.05) is 38.9 Å². The number of nitro groups is 1. The van der Waals surface area contributed by atoms with Crippen molar-refractivity contribution in [2.75, 3.05) is 40.5 Å². The SMILES string of the molecule is COCCNCCNC(=O)c1cc([N+](=O)[O-])ccc1OC.Cl. The molecular formula is C13H20ClN3O5. The molecule has 1 aromatic rings. The topological polar surface area (TPSA) is 103 Å². The van der Waals surface area contributed by atoms with Gasteiger partial charge in [-0.15, -0.1) is 12.4 Å². The van der Waals surface area contributed by atoms with E-state index in [1.165, 1.54) is 25.3 Å². The summed E-state index contributed by atoms with van der Waals surface area (Å²) in [6.07, 6.45) is 0. The van der Waals surface area contributed by atoms with Crippen LogP contribution in [0.25, 0.3) is 0 Å². The van der Waals surface area contributed by atoms with Crippen molar-refractivity contribution in [3.05, 3.63) is 33.9 Å². The Hall–Kier alpha value is -1.90. The Kier molecular flexibility index (Phi) is 9.84. The van der Waals surface area contributed by atoms with Gasteiger partial charge in [-0.05, 0) is 6.07 Å². The molecule has 0 bridgehead atoms. The quantitative estimate of drug-likeness (QED) is 0.397. The summed E-state index contributed by atoms with van der Waals surface area (Å²) in [5, 5.41) is 16.5. The number of nitrogens with one attached hydrogen (secondary N) is 2. The maximum atomic E-state index is 12.0. The predicted molar refractivity (Wildman–Crippen MR) is 84.0 cm³/mol. The highest BCUT2D eigenvalue weighted by molar-refractivity contribution is 5.97. The van der Waals surface area contributed by atoms with Gasteiger partial charge in [0.05, 0.1) is 24.2 Å². The third-order valence-corrected chi connectivity index (χ3v) is 2.71. The van der Waals surface area contributed by atoms with Gasteiger partial charge < -0.3 is 20.1 Å². The third-order valence-electron chi connectivity index (χ3n) is 2.71. The summed E-state index contributed by atoms with van der Waals surface area (Å²) in [6, 6.07) is 3.90. The van der Waals surface area contributed by atoms with E-state index in [1.807, 2.05) is 0 Å². The number of amides is 1. The zero-order valence-corrected chi connectivity index (χ0v) is 13.3. The van der Waals surface area contributed by atoms with Crippen molar-refractivity contribution in [3.8, 4) is 5.75 Å². The van der Waals surface area contributed by atoms with Crippen molar-refractivity contribution in [2.24, 2.45) is 0 Å². The van der Waals surface area contributed by atoms with Crippen LogP contribution < -0.4 is 15.4 Å². The van der Waals surface area contributed by atoms with E-state index in [0.29, 0.717) is 32.0 Å². The molecule has 0 spiro atoms. The smallest absolute Gasteiger partial charge is 0.270 e. The lowest BCUT2D eigenvalue weighted by Gasteiger charge is -2.09. The fourth-order valence-electron chi connectivity index (χ4n) is 1.65. The van der Waals surface area contributed by atoms with Crippen molar-refractivity contribution in [2.45, 2.75) is 0 Å². The zero-order chi connectivity index (χ0) is 15.7. The van der Waals surface area contributed by atoms with E-state index in [9.17, 15) is 14.9 Å². The van der Waals surface area contributed by atoms with Gasteiger partial charge in [-0.2, -0.15) is 0 Å². The summed E-state index contributed by atoms with van der Waals surface area (Å²) in [5.41, 5.74) is -0.0113. The fraction of sp³-hybridized carbons (Fsp3) is 0.462. The van der Waals surface area contributed by atoms with Crippen LogP contribution in [0.2, 0.25) is 0 Å². The van der Waals surface area contributed by atoms with E-state index in [4.69, 9.17) is 9.47 Å². The van der Waals surface area contributed by atoms with Gasteiger partial charge in [0.25, 0.3) is 11.6 Å². The first kappa shape index (κ1) is 20.1. The Balaban J connectivity index is 0.00000441. The standard InChI is InChI=1S/C13H19N3O5.ClH/c1-20-8-7-14-5-6-15-13(17)11-9-10(16(18)19)3-4-12(11)21-2;/h3-4,9,14H,5-8H2,1-2H3,(H,15,17);1H. The van der Waals surface area contributed by atoms with Crippen LogP contribution in [0.3, 0.4) is 0 Å². The number of carbonyl (C=O) groups excluding carboxylic acids is 1. The molecular weight excluding hydrogens is 314 g/mol. The van der Waals surface area contributed by atoms with Crippen LogP contribution in [0.15, 0.2) is 18.2 Å². The molecule has 0 aliphatic rings. The number of halogens is 1. The summed E-state index contributed by atoms with van der Waals surface area (Å²) in [6.45, 7) is 2.25. The van der Waals surface area contributed by atoms with Crippen LogP contribution in [0.1, 0.15) is 10.4 Å². The van der Waals surface area contributed by atoms with E-state index in [1.54, 1.807) is 7.11 Å². The van der Waals surface area contributed by atoms with Crippen LogP contribution in [-0.2, 0) is 4.74 Å². The van der Waals surface area contributed by atoms with Gasteiger partial charge in [-0.25, -0.2) is 0 Å². The monoisotopic (exact) mass is 333 g/mol. The van der Waals surface area contributed by atoms with Gasteiger partial charge in [-0.1, -0.05) is 0 Å². The Morgan fingerprint density at radius 1 is 1.27 bits per heavy atom. The molecule has 0 fully saturated rings. The van der Waals surface area contributed by atoms with Crippen LogP contribution in [0, 0.1) is 10.1 Å². The second kappa shape index (κ2) is 10.8. The predicted octanol–water partition coefficient (Wildman–Crippen LogP) is 0.991. The van der Waals surface area contributed by atoms with Crippen LogP contribution in [0.5, 0.6) is 5.75 Å². The van der Waals surface area contributed by atoms with E-state index >= 15 is 0 Å². The third kappa shape index (κ3) is 6.25. The molecule has 22 heavy (non-hydrogen) atoms. The molecule has 0 aliphatic carbocycles. The molecule has 9 heteroatoms. The summed E-state index contributed by atoms with van der Waals surface area (Å²) >= 11 is 0. The molecule has 1 rings (SSSR count). The van der Waals surface area contributed by atoms with E-state index in [0.717, 1.165) is 0 Å². The lowest BCUT2D eigenvalue weighted by molar-refractivity contribution is -0.384. The minimum absolute atomic E-state index is 0. The molecule has 0 heterocycles. The molecule has 0 saturated carbocycles. The number of ether oxygens (including phenoxy) is 2. The minimum Gasteiger partial charge on any atom is -0.496 e. The maximum Gasteiger partial charge on any atom is 0.270 e. The highest BCUT2D eigenvalue weighted by atomic mass is 35.5. The summed E-state index contributed by atoms with van der Waals surface area (Å²) in [5.74, 6) is -0.116. The first-order valence-electron chi connectivity index (χ1n) is 6.40. The van der Waals surface area contributed by atoms with Crippen molar-refractivity contribution < 1.29 is 19.2 Å². The molecule has 0 aliphatic heterocycles. The lowest BCUT2D eigenvalue weighted by Crippen LogP contribution is -2.33. The normalized spacial score (nSPS) is 9.73. The molecule has 1 amide bonds. The highest BCUT2D eigenvalue weighted by Gasteiger charge is 2.16. The van der Waals surface area contributed by atoms with Gasteiger partial charge in [0.15, 0.2) is 0 Å². The number of hydrogen-bond donors (Lipinski definition) is 2. The molecule has 0 aromatic heterocycles. The first-order valence-corrected chi connectivity index (χ1v) is 6.40. The van der Waals surface area contributed by atoms with Gasteiger partial charge in [0.1, 0.15) is 5.75 Å². The maximum absolute atomic E-state index is 12.0. The average molecular weight is 334 g/mol. The molecule has 0 saturated heterocycles. The number of carbonyl (C=O) groups is 1. The Bertz CT molecular complexity index is 499. The number of hydrogen-bond acceptors (Lipinski definition) is 6. The zero-order valence-electron chi connectivity index (χ0n) is 12.5. The first-order chi connectivity index (χ1) is 10.1. The van der Waals surface area contributed by atoms with Crippen LogP contribution >= 0.6 is 12.4 Å². The number of nitrogens with zero attached hydrogens (tertiary/aromatic N) is 1. The number of methoxy groups -OCH3 is 2. The van der Waals surface area contributed by atoms with Crippen molar-refractivity contribution >= 4 is 24.0 Å². The van der Waals surface area contributed by atoms with Gasteiger partial charge in [-0.3, -0.25) is 14.9 Å². The van der Waals surface area contributed by atoms with Gasteiger partial charge in [0.2, 0.25) is 0 Å². The molecule has 0 radical (unpaired) electrons. The number of nitro benzene ring substituents is 1. The lowest BCUT2D eigenvalue weighted by atomic mass is 10.1. The minimum atomic E-state index is -0.553. The molecule has 124 valence electrons. The summed E-state index contributed by atoms with van der Waals surface area (Å²) < 4.78 is 9.92. The second-order valence-corrected chi connectivity index (χ2v) is 4.14. The second-order valence-electron chi connectivity index (χ2n) is 4.14. The van der Waals surface area contributed by atoms with Crippen molar-refractivity contribution in [1.29, 1.82) is 0 Å². The fourth-order valence-corrected chi connectivity index (χ4v) is 1.65. The van der Waals surface area contributed by atoms with Crippen molar-refractivity contribution in [3.63, 3.8) is 0 Å². The molecule has 0 atom stereocenters. The molecule has 1 aromatic carbocycles. The van der Waals surface area contributed by atoms with Crippen LogP contribution in [-0.4, -0.2) is 51.3 Å². The number of non-ortho nitro benzene ring substituents is 1.